The maximum atomic E-state index is 13.2. The van der Waals surface area contributed by atoms with Gasteiger partial charge in [0.25, 0.3) is 11.8 Å². The number of carbonyl (C=O) groups excluding carboxylic acids is 2. The molecule has 6 heteroatoms. The summed E-state index contributed by atoms with van der Waals surface area (Å²) in [6, 6.07) is 13.5. The molecule has 0 spiro atoms. The van der Waals surface area contributed by atoms with Crippen LogP contribution in [0.2, 0.25) is 0 Å². The van der Waals surface area contributed by atoms with Gasteiger partial charge in [-0.15, -0.1) is 11.8 Å². The standard InChI is InChI=1S/C23H25NO4S/c1-15-4-9-19(16(2)14-15)20-21(29-13-12-25)23(27)24(22(20)26)11-10-17-5-7-18(28-3)8-6-17/h4-9,14,25H,10-13H2,1-3H3. The zero-order valence-electron chi connectivity index (χ0n) is 16.9. The number of aliphatic hydroxyl groups excluding tert-OH is 1. The Kier molecular flexibility index (Phi) is 6.77. The maximum Gasteiger partial charge on any atom is 0.267 e. The summed E-state index contributed by atoms with van der Waals surface area (Å²) in [5.41, 5.74) is 4.31. The van der Waals surface area contributed by atoms with Crippen LogP contribution in [0.25, 0.3) is 5.57 Å². The molecule has 1 heterocycles. The molecule has 0 aliphatic carbocycles. The molecule has 152 valence electrons. The predicted octanol–water partition coefficient (Wildman–Crippen LogP) is 3.36. The van der Waals surface area contributed by atoms with Gasteiger partial charge in [0.1, 0.15) is 5.75 Å². The van der Waals surface area contributed by atoms with E-state index in [9.17, 15) is 14.7 Å². The predicted molar refractivity (Wildman–Crippen MR) is 116 cm³/mol. The number of hydrogen-bond donors (Lipinski definition) is 1. The third-order valence-corrected chi connectivity index (χ3v) is 5.95. The van der Waals surface area contributed by atoms with E-state index in [1.54, 1.807) is 7.11 Å². The number of carbonyl (C=O) groups is 2. The van der Waals surface area contributed by atoms with Gasteiger partial charge < -0.3 is 9.84 Å². The van der Waals surface area contributed by atoms with E-state index in [1.807, 2.05) is 56.3 Å². The lowest BCUT2D eigenvalue weighted by Crippen LogP contribution is -2.33. The van der Waals surface area contributed by atoms with Crippen molar-refractivity contribution >= 4 is 29.1 Å². The molecule has 2 aromatic rings. The minimum Gasteiger partial charge on any atom is -0.497 e. The molecule has 1 aliphatic rings. The fraction of sp³-hybridized carbons (Fsp3) is 0.304. The van der Waals surface area contributed by atoms with Crippen LogP contribution in [0.1, 0.15) is 22.3 Å². The Balaban J connectivity index is 1.86. The number of benzene rings is 2. The van der Waals surface area contributed by atoms with E-state index < -0.39 is 0 Å². The van der Waals surface area contributed by atoms with E-state index in [-0.39, 0.29) is 18.4 Å². The second kappa shape index (κ2) is 9.29. The molecule has 0 bridgehead atoms. The molecular weight excluding hydrogens is 386 g/mol. The number of imide groups is 1. The molecule has 0 radical (unpaired) electrons. The first-order valence-electron chi connectivity index (χ1n) is 9.51. The lowest BCUT2D eigenvalue weighted by molar-refractivity contribution is -0.136. The summed E-state index contributed by atoms with van der Waals surface area (Å²) in [6.45, 7) is 4.19. The Labute approximate surface area is 175 Å². The van der Waals surface area contributed by atoms with Gasteiger partial charge in [-0.05, 0) is 49.1 Å². The molecule has 0 saturated carbocycles. The third-order valence-electron chi connectivity index (χ3n) is 4.90. The first kappa shape index (κ1) is 21.1. The quantitative estimate of drug-likeness (QED) is 0.675. The van der Waals surface area contributed by atoms with Gasteiger partial charge in [0.05, 0.1) is 24.2 Å². The number of rotatable bonds is 8. The van der Waals surface area contributed by atoms with E-state index in [0.717, 1.165) is 28.0 Å². The van der Waals surface area contributed by atoms with E-state index >= 15 is 0 Å². The highest BCUT2D eigenvalue weighted by Crippen LogP contribution is 2.37. The molecule has 29 heavy (non-hydrogen) atoms. The number of methoxy groups -OCH3 is 1. The van der Waals surface area contributed by atoms with Crippen LogP contribution in [-0.4, -0.2) is 47.8 Å². The first-order valence-corrected chi connectivity index (χ1v) is 10.5. The summed E-state index contributed by atoms with van der Waals surface area (Å²) in [5, 5.41) is 9.22. The van der Waals surface area contributed by atoms with Crippen molar-refractivity contribution in [3.8, 4) is 5.75 Å². The summed E-state index contributed by atoms with van der Waals surface area (Å²) in [7, 11) is 1.61. The van der Waals surface area contributed by atoms with Crippen molar-refractivity contribution in [3.05, 3.63) is 69.6 Å². The molecular formula is C23H25NO4S. The molecule has 1 N–H and O–H groups in total. The topological polar surface area (TPSA) is 66.8 Å². The van der Waals surface area contributed by atoms with E-state index in [2.05, 4.69) is 0 Å². The van der Waals surface area contributed by atoms with Crippen LogP contribution in [0.5, 0.6) is 5.75 Å². The third kappa shape index (κ3) is 4.54. The Hall–Kier alpha value is -2.57. The van der Waals surface area contributed by atoms with E-state index in [0.29, 0.717) is 29.2 Å². The highest BCUT2D eigenvalue weighted by Gasteiger charge is 2.39. The molecule has 0 unspecified atom stereocenters. The van der Waals surface area contributed by atoms with Gasteiger partial charge in [0.15, 0.2) is 0 Å². The van der Waals surface area contributed by atoms with E-state index in [4.69, 9.17) is 4.74 Å². The van der Waals surface area contributed by atoms with Gasteiger partial charge >= 0.3 is 0 Å². The number of nitrogens with zero attached hydrogens (tertiary/aromatic N) is 1. The Bertz CT molecular complexity index is 950. The van der Waals surface area contributed by atoms with Gasteiger partial charge in [-0.3, -0.25) is 14.5 Å². The number of ether oxygens (including phenoxy) is 1. The van der Waals surface area contributed by atoms with Crippen LogP contribution in [-0.2, 0) is 16.0 Å². The summed E-state index contributed by atoms with van der Waals surface area (Å²) in [4.78, 5) is 28.0. The zero-order chi connectivity index (χ0) is 21.0. The van der Waals surface area contributed by atoms with Crippen LogP contribution in [0.4, 0.5) is 0 Å². The van der Waals surface area contributed by atoms with Crippen LogP contribution in [0.15, 0.2) is 47.4 Å². The summed E-state index contributed by atoms with van der Waals surface area (Å²) in [6.07, 6.45) is 0.569. The molecule has 5 nitrogen and oxygen atoms in total. The summed E-state index contributed by atoms with van der Waals surface area (Å²) >= 11 is 1.24. The minimum atomic E-state index is -0.281. The van der Waals surface area contributed by atoms with Crippen molar-refractivity contribution in [1.29, 1.82) is 0 Å². The molecule has 1 aliphatic heterocycles. The SMILES string of the molecule is COc1ccc(CCN2C(=O)C(SCCO)=C(c3ccc(C)cc3C)C2=O)cc1. The normalized spacial score (nSPS) is 14.1. The molecule has 0 atom stereocenters. The Morgan fingerprint density at radius 3 is 2.38 bits per heavy atom. The molecule has 0 fully saturated rings. The fourth-order valence-corrected chi connectivity index (χ4v) is 4.27. The van der Waals surface area contributed by atoms with Crippen molar-refractivity contribution < 1.29 is 19.4 Å². The highest BCUT2D eigenvalue weighted by atomic mass is 32.2. The van der Waals surface area contributed by atoms with Gasteiger partial charge in [0.2, 0.25) is 0 Å². The van der Waals surface area contributed by atoms with Crippen molar-refractivity contribution in [2.75, 3.05) is 26.0 Å². The number of aliphatic hydroxyl groups is 1. The summed E-state index contributed by atoms with van der Waals surface area (Å²) in [5.74, 6) is 0.589. The molecule has 3 rings (SSSR count). The fourth-order valence-electron chi connectivity index (χ4n) is 3.40. The largest absolute Gasteiger partial charge is 0.497 e. The monoisotopic (exact) mass is 411 g/mol. The first-order chi connectivity index (χ1) is 14.0. The molecule has 0 aromatic heterocycles. The minimum absolute atomic E-state index is 0.0539. The van der Waals surface area contributed by atoms with Crippen LogP contribution in [0.3, 0.4) is 0 Å². The van der Waals surface area contributed by atoms with Crippen molar-refractivity contribution in [2.45, 2.75) is 20.3 Å². The maximum absolute atomic E-state index is 13.2. The number of aryl methyl sites for hydroxylation is 2. The van der Waals surface area contributed by atoms with Gasteiger partial charge in [0, 0.05) is 12.3 Å². The molecule has 0 saturated heterocycles. The second-order valence-corrected chi connectivity index (χ2v) is 8.06. The summed E-state index contributed by atoms with van der Waals surface area (Å²) < 4.78 is 5.17. The van der Waals surface area contributed by atoms with Gasteiger partial charge in [-0.2, -0.15) is 0 Å². The van der Waals surface area contributed by atoms with Crippen LogP contribution >= 0.6 is 11.8 Å². The lowest BCUT2D eigenvalue weighted by atomic mass is 9.99. The van der Waals surface area contributed by atoms with Crippen molar-refractivity contribution in [2.24, 2.45) is 0 Å². The van der Waals surface area contributed by atoms with Crippen LogP contribution < -0.4 is 4.74 Å². The number of hydrogen-bond acceptors (Lipinski definition) is 5. The average Bonchev–Trinajstić information content (AvgIpc) is 2.94. The van der Waals surface area contributed by atoms with Gasteiger partial charge in [-0.25, -0.2) is 0 Å². The number of thioether (sulfide) groups is 1. The highest BCUT2D eigenvalue weighted by molar-refractivity contribution is 8.04. The van der Waals surface area contributed by atoms with Crippen molar-refractivity contribution in [1.82, 2.24) is 4.90 Å². The zero-order valence-corrected chi connectivity index (χ0v) is 17.7. The van der Waals surface area contributed by atoms with Crippen molar-refractivity contribution in [3.63, 3.8) is 0 Å². The second-order valence-electron chi connectivity index (χ2n) is 6.95. The molecule has 2 aromatic carbocycles. The smallest absolute Gasteiger partial charge is 0.267 e. The Morgan fingerprint density at radius 2 is 1.76 bits per heavy atom. The molecule has 2 amide bonds. The number of amides is 2. The Morgan fingerprint density at radius 1 is 1.03 bits per heavy atom. The van der Waals surface area contributed by atoms with Crippen LogP contribution in [0, 0.1) is 13.8 Å². The average molecular weight is 412 g/mol. The van der Waals surface area contributed by atoms with Gasteiger partial charge in [-0.1, -0.05) is 35.9 Å². The lowest BCUT2D eigenvalue weighted by Gasteiger charge is -2.15. The van der Waals surface area contributed by atoms with E-state index in [1.165, 1.54) is 16.7 Å².